The van der Waals surface area contributed by atoms with E-state index in [0.29, 0.717) is 18.8 Å². The Kier molecular flexibility index (Phi) is 3.65. The maximum Gasteiger partial charge on any atom is 0.241 e. The second kappa shape index (κ2) is 5.56. The molecule has 1 amide bonds. The van der Waals surface area contributed by atoms with E-state index in [0.717, 1.165) is 25.4 Å². The normalized spacial score (nSPS) is 29.7. The van der Waals surface area contributed by atoms with Crippen LogP contribution in [-0.2, 0) is 4.79 Å². The highest BCUT2D eigenvalue weighted by Gasteiger charge is 2.48. The average Bonchev–Trinajstić information content (AvgIpc) is 3.23. The number of amides is 1. The number of anilines is 1. The molecular formula is C18H24FN3O. The number of benzene rings is 1. The summed E-state index contributed by atoms with van der Waals surface area (Å²) in [7, 11) is 2.06. The summed E-state index contributed by atoms with van der Waals surface area (Å²) in [6, 6.07) is 6.40. The lowest BCUT2D eigenvalue weighted by atomic mass is 9.92. The van der Waals surface area contributed by atoms with Crippen LogP contribution in [0.3, 0.4) is 0 Å². The zero-order valence-corrected chi connectivity index (χ0v) is 13.7. The van der Waals surface area contributed by atoms with Gasteiger partial charge in [-0.05, 0) is 50.4 Å². The Labute approximate surface area is 136 Å². The largest absolute Gasteiger partial charge is 0.309 e. The van der Waals surface area contributed by atoms with Crippen LogP contribution in [-0.4, -0.2) is 61.0 Å². The SMILES string of the molecule is CN1CC(=O)N(c2cccc(F)c2)C[C@]12CCN(CC1CC1)C2. The minimum Gasteiger partial charge on any atom is -0.309 e. The monoisotopic (exact) mass is 317 g/mol. The maximum atomic E-state index is 13.6. The van der Waals surface area contributed by atoms with Crippen molar-refractivity contribution in [2.75, 3.05) is 44.7 Å². The summed E-state index contributed by atoms with van der Waals surface area (Å²) >= 11 is 0. The molecule has 1 saturated carbocycles. The van der Waals surface area contributed by atoms with Gasteiger partial charge in [0.25, 0.3) is 0 Å². The Morgan fingerprint density at radius 3 is 2.87 bits per heavy atom. The number of hydrogen-bond acceptors (Lipinski definition) is 3. The van der Waals surface area contributed by atoms with Crippen molar-refractivity contribution in [2.24, 2.45) is 5.92 Å². The highest BCUT2D eigenvalue weighted by Crippen LogP contribution is 2.36. The zero-order chi connectivity index (χ0) is 16.0. The van der Waals surface area contributed by atoms with E-state index < -0.39 is 0 Å². The third kappa shape index (κ3) is 2.88. The molecule has 3 aliphatic rings. The molecule has 0 bridgehead atoms. The molecule has 23 heavy (non-hydrogen) atoms. The molecule has 4 rings (SSSR count). The standard InChI is InChI=1S/C18H24FN3O/c1-20-11-17(23)22(16-4-2-3-15(19)9-16)13-18(20)7-8-21(12-18)10-14-5-6-14/h2-4,9,14H,5-8,10-13H2,1H3/t18-/m1/s1. The molecule has 5 heteroatoms. The van der Waals surface area contributed by atoms with Crippen molar-refractivity contribution in [3.63, 3.8) is 0 Å². The highest BCUT2D eigenvalue weighted by molar-refractivity contribution is 5.96. The number of carbonyl (C=O) groups excluding carboxylic acids is 1. The first-order chi connectivity index (χ1) is 11.1. The Morgan fingerprint density at radius 2 is 2.13 bits per heavy atom. The Morgan fingerprint density at radius 1 is 1.30 bits per heavy atom. The van der Waals surface area contributed by atoms with E-state index in [1.165, 1.54) is 31.5 Å². The number of hydrogen-bond donors (Lipinski definition) is 0. The van der Waals surface area contributed by atoms with Crippen LogP contribution in [0.1, 0.15) is 19.3 Å². The number of nitrogens with zero attached hydrogens (tertiary/aromatic N) is 3. The van der Waals surface area contributed by atoms with Gasteiger partial charge in [-0.1, -0.05) is 6.07 Å². The fourth-order valence-electron chi connectivity index (χ4n) is 4.04. The van der Waals surface area contributed by atoms with Gasteiger partial charge in [-0.15, -0.1) is 0 Å². The third-order valence-corrected chi connectivity index (χ3v) is 5.68. The van der Waals surface area contributed by atoms with E-state index in [2.05, 4.69) is 16.8 Å². The molecule has 1 spiro atoms. The van der Waals surface area contributed by atoms with Gasteiger partial charge in [0.2, 0.25) is 5.91 Å². The molecule has 2 aliphatic heterocycles. The van der Waals surface area contributed by atoms with Gasteiger partial charge < -0.3 is 9.80 Å². The lowest BCUT2D eigenvalue weighted by Gasteiger charge is -2.47. The molecule has 1 atom stereocenters. The van der Waals surface area contributed by atoms with Crippen LogP contribution in [0, 0.1) is 11.7 Å². The molecular weight excluding hydrogens is 293 g/mol. The number of carbonyl (C=O) groups is 1. The number of likely N-dealkylation sites (tertiary alicyclic amines) is 1. The first kappa shape index (κ1) is 15.1. The van der Waals surface area contributed by atoms with Crippen LogP contribution in [0.5, 0.6) is 0 Å². The number of likely N-dealkylation sites (N-methyl/N-ethyl adjacent to an activating group) is 1. The van der Waals surface area contributed by atoms with Gasteiger partial charge in [-0.25, -0.2) is 4.39 Å². The molecule has 2 heterocycles. The van der Waals surface area contributed by atoms with Gasteiger partial charge >= 0.3 is 0 Å². The molecule has 0 N–H and O–H groups in total. The van der Waals surface area contributed by atoms with Crippen molar-refractivity contribution in [3.8, 4) is 0 Å². The highest BCUT2D eigenvalue weighted by atomic mass is 19.1. The van der Waals surface area contributed by atoms with Gasteiger partial charge in [-0.3, -0.25) is 9.69 Å². The molecule has 0 unspecified atom stereocenters. The van der Waals surface area contributed by atoms with E-state index in [9.17, 15) is 9.18 Å². The number of piperazine rings is 1. The summed E-state index contributed by atoms with van der Waals surface area (Å²) in [6.45, 7) is 4.38. The predicted molar refractivity (Wildman–Crippen MR) is 87.9 cm³/mol. The Bertz CT molecular complexity index is 618. The van der Waals surface area contributed by atoms with Crippen LogP contribution < -0.4 is 4.90 Å². The summed E-state index contributed by atoms with van der Waals surface area (Å²) in [5, 5.41) is 0. The summed E-state index contributed by atoms with van der Waals surface area (Å²) in [5.41, 5.74) is 0.692. The minimum atomic E-state index is -0.287. The lowest BCUT2D eigenvalue weighted by molar-refractivity contribution is -0.123. The fraction of sp³-hybridized carbons (Fsp3) is 0.611. The van der Waals surface area contributed by atoms with E-state index >= 15 is 0 Å². The predicted octanol–water partition coefficient (Wildman–Crippen LogP) is 1.96. The molecule has 1 aliphatic carbocycles. The fourth-order valence-corrected chi connectivity index (χ4v) is 4.04. The van der Waals surface area contributed by atoms with Crippen LogP contribution in [0.15, 0.2) is 24.3 Å². The van der Waals surface area contributed by atoms with Crippen molar-refractivity contribution in [1.82, 2.24) is 9.80 Å². The van der Waals surface area contributed by atoms with Crippen molar-refractivity contribution in [3.05, 3.63) is 30.1 Å². The van der Waals surface area contributed by atoms with Crippen molar-refractivity contribution < 1.29 is 9.18 Å². The van der Waals surface area contributed by atoms with E-state index in [-0.39, 0.29) is 17.3 Å². The minimum absolute atomic E-state index is 0.00905. The van der Waals surface area contributed by atoms with E-state index in [4.69, 9.17) is 0 Å². The van der Waals surface area contributed by atoms with Gasteiger partial charge in [0.15, 0.2) is 0 Å². The molecule has 1 aromatic rings. The zero-order valence-electron chi connectivity index (χ0n) is 13.7. The Balaban J connectivity index is 1.54. The first-order valence-corrected chi connectivity index (χ1v) is 8.55. The third-order valence-electron chi connectivity index (χ3n) is 5.68. The first-order valence-electron chi connectivity index (χ1n) is 8.55. The van der Waals surface area contributed by atoms with Crippen LogP contribution in [0.4, 0.5) is 10.1 Å². The quantitative estimate of drug-likeness (QED) is 0.853. The average molecular weight is 317 g/mol. The molecule has 3 fully saturated rings. The van der Waals surface area contributed by atoms with Crippen LogP contribution >= 0.6 is 0 Å². The second-order valence-electron chi connectivity index (χ2n) is 7.47. The second-order valence-corrected chi connectivity index (χ2v) is 7.47. The molecule has 2 saturated heterocycles. The van der Waals surface area contributed by atoms with Crippen LogP contribution in [0.25, 0.3) is 0 Å². The van der Waals surface area contributed by atoms with Crippen molar-refractivity contribution in [1.29, 1.82) is 0 Å². The summed E-state index contributed by atoms with van der Waals surface area (Å²) in [4.78, 5) is 19.0. The van der Waals surface area contributed by atoms with Gasteiger partial charge in [-0.2, -0.15) is 0 Å². The Hall–Kier alpha value is -1.46. The lowest BCUT2D eigenvalue weighted by Crippen LogP contribution is -2.64. The molecule has 4 nitrogen and oxygen atoms in total. The molecule has 0 radical (unpaired) electrons. The summed E-state index contributed by atoms with van der Waals surface area (Å²) in [5.74, 6) is 0.662. The molecule has 1 aromatic carbocycles. The summed E-state index contributed by atoms with van der Waals surface area (Å²) in [6.07, 6.45) is 3.82. The number of halogens is 1. The van der Waals surface area contributed by atoms with Gasteiger partial charge in [0, 0.05) is 31.9 Å². The van der Waals surface area contributed by atoms with Gasteiger partial charge in [0.05, 0.1) is 12.1 Å². The molecule has 124 valence electrons. The number of rotatable bonds is 3. The van der Waals surface area contributed by atoms with Crippen molar-refractivity contribution >= 4 is 11.6 Å². The van der Waals surface area contributed by atoms with Crippen LogP contribution in [0.2, 0.25) is 0 Å². The topological polar surface area (TPSA) is 26.8 Å². The van der Waals surface area contributed by atoms with Gasteiger partial charge in [0.1, 0.15) is 5.82 Å². The maximum absolute atomic E-state index is 13.6. The van der Waals surface area contributed by atoms with Crippen molar-refractivity contribution in [2.45, 2.75) is 24.8 Å². The smallest absolute Gasteiger partial charge is 0.241 e. The van der Waals surface area contributed by atoms with E-state index in [1.54, 1.807) is 11.0 Å². The van der Waals surface area contributed by atoms with E-state index in [1.807, 2.05) is 6.07 Å². The summed E-state index contributed by atoms with van der Waals surface area (Å²) < 4.78 is 13.6. The molecule has 0 aromatic heterocycles.